The predicted molar refractivity (Wildman–Crippen MR) is 35.7 cm³/mol. The molecule has 0 N–H and O–H groups in total. The Morgan fingerprint density at radius 2 is 2.09 bits per heavy atom. The van der Waals surface area contributed by atoms with Crippen molar-refractivity contribution in [1.82, 2.24) is 0 Å². The van der Waals surface area contributed by atoms with Crippen molar-refractivity contribution in [3.8, 4) is 0 Å². The molecule has 0 fully saturated rings. The average molecular weight is 324 g/mol. The zero-order chi connectivity index (χ0) is 6.69. The molecule has 0 aliphatic heterocycles. The van der Waals surface area contributed by atoms with E-state index < -0.39 is 0 Å². The fourth-order valence-corrected chi connectivity index (χ4v) is 2.23. The standard InChI is InChI=1S/C8H11.2FH.Hf/c1-2-5-8-6-3-4-7-8;;;/h3,6H,2,4-5H2,1H3;2*1H;/q;;;+2/p-2. The van der Waals surface area contributed by atoms with E-state index >= 15 is 0 Å². The van der Waals surface area contributed by atoms with Gasteiger partial charge in [0.15, 0.2) is 0 Å². The second kappa shape index (κ2) is 6.89. The van der Waals surface area contributed by atoms with Crippen LogP contribution in [-0.2, 0) is 24.4 Å². The fraction of sp³-hybridized carbons (Fsp3) is 0.500. The third kappa shape index (κ3) is 3.94. The molecule has 0 amide bonds. The topological polar surface area (TPSA) is 0 Å². The summed E-state index contributed by atoms with van der Waals surface area (Å²) >= 11 is 1.27. The Morgan fingerprint density at radius 3 is 2.45 bits per heavy atom. The van der Waals surface area contributed by atoms with Crippen molar-refractivity contribution in [2.75, 3.05) is 0 Å². The molecule has 0 aromatic carbocycles. The van der Waals surface area contributed by atoms with E-state index in [0.29, 0.717) is 0 Å². The molecule has 61 valence electrons. The van der Waals surface area contributed by atoms with Gasteiger partial charge in [0.25, 0.3) is 0 Å². The summed E-state index contributed by atoms with van der Waals surface area (Å²) in [5, 5.41) is 0. The maximum atomic E-state index is 2.30. The van der Waals surface area contributed by atoms with Crippen LogP contribution in [0.4, 0.5) is 0 Å². The molecular weight excluding hydrogens is 313 g/mol. The van der Waals surface area contributed by atoms with E-state index in [1.165, 1.54) is 43.6 Å². The number of hydrogen-bond donors (Lipinski definition) is 0. The normalized spacial score (nSPS) is 14.5. The van der Waals surface area contributed by atoms with Crippen LogP contribution in [0.15, 0.2) is 21.1 Å². The summed E-state index contributed by atoms with van der Waals surface area (Å²) < 4.78 is 1.71. The number of allylic oxidation sites excluding steroid dienone is 4. The molecule has 0 spiro atoms. The van der Waals surface area contributed by atoms with Crippen molar-refractivity contribution in [1.29, 1.82) is 0 Å². The Morgan fingerprint density at radius 1 is 1.45 bits per heavy atom. The zero-order valence-corrected chi connectivity index (χ0v) is 10.1. The van der Waals surface area contributed by atoms with Gasteiger partial charge in [-0.05, 0) is 0 Å². The maximum absolute atomic E-state index is 2.30. The van der Waals surface area contributed by atoms with Crippen molar-refractivity contribution < 1.29 is 33.8 Å². The van der Waals surface area contributed by atoms with E-state index in [-0.39, 0.29) is 9.41 Å². The third-order valence-corrected chi connectivity index (χ3v) is 3.43. The molecule has 0 heterocycles. The molecule has 1 aliphatic carbocycles. The summed E-state index contributed by atoms with van der Waals surface area (Å²) in [4.78, 5) is 0. The van der Waals surface area contributed by atoms with Crippen LogP contribution in [0.25, 0.3) is 0 Å². The van der Waals surface area contributed by atoms with Crippen LogP contribution in [0.2, 0.25) is 0 Å². The number of rotatable bonds is 2. The van der Waals surface area contributed by atoms with E-state index in [4.69, 9.17) is 0 Å². The van der Waals surface area contributed by atoms with Crippen LogP contribution < -0.4 is 9.41 Å². The zero-order valence-electron chi connectivity index (χ0n) is 6.53. The van der Waals surface area contributed by atoms with Gasteiger partial charge in [-0.1, -0.05) is 0 Å². The van der Waals surface area contributed by atoms with Crippen molar-refractivity contribution in [3.63, 3.8) is 0 Å². The summed E-state index contributed by atoms with van der Waals surface area (Å²) in [6.07, 6.45) is 8.43. The van der Waals surface area contributed by atoms with Gasteiger partial charge in [0.2, 0.25) is 0 Å². The van der Waals surface area contributed by atoms with E-state index in [1.807, 2.05) is 0 Å². The van der Waals surface area contributed by atoms with E-state index in [1.54, 1.807) is 8.90 Å². The van der Waals surface area contributed by atoms with Gasteiger partial charge in [0, 0.05) is 0 Å². The number of halogens is 2. The van der Waals surface area contributed by atoms with Gasteiger partial charge in [-0.3, -0.25) is 0 Å². The summed E-state index contributed by atoms with van der Waals surface area (Å²) in [7, 11) is 0. The molecule has 11 heavy (non-hydrogen) atoms. The summed E-state index contributed by atoms with van der Waals surface area (Å²) in [5.41, 5.74) is 1.63. The molecule has 0 nitrogen and oxygen atoms in total. The molecule has 1 aliphatic rings. The predicted octanol–water partition coefficient (Wildman–Crippen LogP) is -3.44. The first-order chi connectivity index (χ1) is 4.34. The van der Waals surface area contributed by atoms with Crippen LogP contribution in [0.5, 0.6) is 0 Å². The largest absolute Gasteiger partial charge is 1.00 e. The van der Waals surface area contributed by atoms with E-state index in [0.717, 1.165) is 0 Å². The minimum absolute atomic E-state index is 0. The fourth-order valence-electron chi connectivity index (χ4n) is 1.05. The SMILES string of the molecule is CCCC1=[C]([Hf+2])CC=C1.[F-].[F-]. The summed E-state index contributed by atoms with van der Waals surface area (Å²) in [6.45, 7) is 2.24. The van der Waals surface area contributed by atoms with E-state index in [9.17, 15) is 0 Å². The Labute approximate surface area is 81.1 Å². The monoisotopic (exact) mass is 325 g/mol. The molecule has 0 saturated heterocycles. The first-order valence-corrected chi connectivity index (χ1v) is 5.24. The third-order valence-electron chi connectivity index (χ3n) is 1.55. The van der Waals surface area contributed by atoms with Crippen LogP contribution in [0.1, 0.15) is 26.2 Å². The minimum Gasteiger partial charge on any atom is -1.00 e. The Hall–Kier alpha value is 0.210. The van der Waals surface area contributed by atoms with Crippen molar-refractivity contribution in [2.24, 2.45) is 0 Å². The molecule has 0 saturated carbocycles. The average Bonchev–Trinajstić information content (AvgIpc) is 2.18. The molecule has 0 unspecified atom stereocenters. The molecular formula is C8H11F2Hf. The minimum atomic E-state index is 0. The van der Waals surface area contributed by atoms with Gasteiger partial charge in [0.05, 0.1) is 0 Å². The van der Waals surface area contributed by atoms with Gasteiger partial charge in [-0.25, -0.2) is 0 Å². The first kappa shape index (κ1) is 13.8. The molecule has 3 heteroatoms. The molecule has 0 atom stereocenters. The Kier molecular flexibility index (Phi) is 8.63. The summed E-state index contributed by atoms with van der Waals surface area (Å²) in [6, 6.07) is 0. The first-order valence-electron chi connectivity index (χ1n) is 3.44. The van der Waals surface area contributed by atoms with Crippen molar-refractivity contribution >= 4 is 0 Å². The quantitative estimate of drug-likeness (QED) is 0.464. The van der Waals surface area contributed by atoms with Gasteiger partial charge >= 0.3 is 71.6 Å². The van der Waals surface area contributed by atoms with Crippen LogP contribution in [0.3, 0.4) is 0 Å². The van der Waals surface area contributed by atoms with Crippen LogP contribution >= 0.6 is 0 Å². The summed E-state index contributed by atoms with van der Waals surface area (Å²) in [5.74, 6) is 0. The number of hydrogen-bond acceptors (Lipinski definition) is 0. The van der Waals surface area contributed by atoms with Crippen molar-refractivity contribution in [3.05, 3.63) is 21.1 Å². The maximum Gasteiger partial charge on any atom is -1.00 e. The van der Waals surface area contributed by atoms with Crippen LogP contribution in [-0.4, -0.2) is 0 Å². The second-order valence-corrected chi connectivity index (χ2v) is 4.53. The molecule has 0 aromatic rings. The molecule has 1 rings (SSSR count). The van der Waals surface area contributed by atoms with E-state index in [2.05, 4.69) is 19.1 Å². The molecule has 0 bridgehead atoms. The van der Waals surface area contributed by atoms with Gasteiger partial charge in [0.1, 0.15) is 0 Å². The van der Waals surface area contributed by atoms with Crippen LogP contribution in [0, 0.1) is 0 Å². The molecule has 0 aromatic heterocycles. The van der Waals surface area contributed by atoms with Gasteiger partial charge in [-0.2, -0.15) is 0 Å². The Bertz CT molecular complexity index is 161. The molecule has 0 radical (unpaired) electrons. The van der Waals surface area contributed by atoms with Gasteiger partial charge in [-0.15, -0.1) is 0 Å². The smallest absolute Gasteiger partial charge is 1.00 e. The second-order valence-electron chi connectivity index (χ2n) is 2.36. The van der Waals surface area contributed by atoms with Gasteiger partial charge < -0.3 is 9.41 Å². The van der Waals surface area contributed by atoms with Crippen molar-refractivity contribution in [2.45, 2.75) is 26.2 Å². The Balaban J connectivity index is 0.